The second-order valence-corrected chi connectivity index (χ2v) is 8.85. The lowest BCUT2D eigenvalue weighted by Gasteiger charge is -2.25. The van der Waals surface area contributed by atoms with Crippen LogP contribution in [0.15, 0.2) is 84.9 Å². The lowest BCUT2D eigenvalue weighted by molar-refractivity contribution is -0.384. The molecule has 186 valence electrons. The topological polar surface area (TPSA) is 75.8 Å². The number of non-ortho nitro benzene ring substituents is 1. The number of hydrogen-bond acceptors (Lipinski definition) is 5. The average Bonchev–Trinajstić information content (AvgIpc) is 2.89. The number of nitrogens with zero attached hydrogens (tertiary/aromatic N) is 2. The van der Waals surface area contributed by atoms with Crippen molar-refractivity contribution in [1.29, 1.82) is 0 Å². The van der Waals surface area contributed by atoms with Crippen LogP contribution >= 0.6 is 0 Å². The smallest absolute Gasteiger partial charge is 0.269 e. The average molecular weight is 477 g/mol. The number of aliphatic hydroxyl groups excluding tert-OH is 1. The Balaban J connectivity index is 1.32. The molecule has 0 bridgehead atoms. The Morgan fingerprint density at radius 3 is 2.14 bits per heavy atom. The van der Waals surface area contributed by atoms with Gasteiger partial charge in [-0.15, -0.1) is 0 Å². The zero-order valence-corrected chi connectivity index (χ0v) is 20.3. The van der Waals surface area contributed by atoms with E-state index < -0.39 is 6.10 Å². The third-order valence-electron chi connectivity index (χ3n) is 6.06. The van der Waals surface area contributed by atoms with E-state index in [1.807, 2.05) is 36.4 Å². The maximum Gasteiger partial charge on any atom is 0.269 e. The first-order valence-corrected chi connectivity index (χ1v) is 12.4. The number of unbranched alkanes of at least 4 members (excludes halogenated alkanes) is 3. The zero-order chi connectivity index (χ0) is 24.7. The van der Waals surface area contributed by atoms with Gasteiger partial charge in [0.15, 0.2) is 0 Å². The summed E-state index contributed by atoms with van der Waals surface area (Å²) in [6, 6.07) is 26.9. The van der Waals surface area contributed by atoms with Crippen LogP contribution < -0.4 is 0 Å². The van der Waals surface area contributed by atoms with Crippen molar-refractivity contribution < 1.29 is 14.8 Å². The fourth-order valence-corrected chi connectivity index (χ4v) is 4.07. The minimum atomic E-state index is -0.496. The van der Waals surface area contributed by atoms with Crippen molar-refractivity contribution in [2.24, 2.45) is 0 Å². The molecule has 0 radical (unpaired) electrons. The van der Waals surface area contributed by atoms with E-state index in [0.29, 0.717) is 13.2 Å². The van der Waals surface area contributed by atoms with Crippen molar-refractivity contribution in [1.82, 2.24) is 4.90 Å². The van der Waals surface area contributed by atoms with Gasteiger partial charge in [-0.2, -0.15) is 0 Å². The van der Waals surface area contributed by atoms with E-state index in [9.17, 15) is 15.2 Å². The summed E-state index contributed by atoms with van der Waals surface area (Å²) in [5.41, 5.74) is 3.38. The normalized spacial score (nSPS) is 12.1. The Kier molecular flexibility index (Phi) is 11.4. The van der Waals surface area contributed by atoms with E-state index in [1.165, 1.54) is 17.7 Å². The lowest BCUT2D eigenvalue weighted by atomic mass is 10.1. The monoisotopic (exact) mass is 476 g/mol. The summed E-state index contributed by atoms with van der Waals surface area (Å²) in [5.74, 6) is 0. The molecule has 0 fully saturated rings. The highest BCUT2D eigenvalue weighted by Crippen LogP contribution is 2.17. The first-order valence-electron chi connectivity index (χ1n) is 12.4. The predicted molar refractivity (Wildman–Crippen MR) is 139 cm³/mol. The van der Waals surface area contributed by atoms with Crippen LogP contribution in [0.25, 0.3) is 0 Å². The predicted octanol–water partition coefficient (Wildman–Crippen LogP) is 5.95. The Labute approximate surface area is 208 Å². The number of rotatable bonds is 16. The quantitative estimate of drug-likeness (QED) is 0.157. The largest absolute Gasteiger partial charge is 0.387 e. The zero-order valence-electron chi connectivity index (χ0n) is 20.3. The fourth-order valence-electron chi connectivity index (χ4n) is 4.07. The molecule has 3 aromatic rings. The van der Waals surface area contributed by atoms with Gasteiger partial charge in [-0.05, 0) is 42.5 Å². The molecule has 0 aliphatic carbocycles. The molecule has 6 nitrogen and oxygen atoms in total. The van der Waals surface area contributed by atoms with Gasteiger partial charge in [-0.25, -0.2) is 0 Å². The Hall–Kier alpha value is -3.06. The molecule has 0 aliphatic heterocycles. The maximum atomic E-state index is 10.7. The van der Waals surface area contributed by atoms with Crippen LogP contribution in [0, 0.1) is 10.1 Å². The molecule has 0 aliphatic rings. The highest BCUT2D eigenvalue weighted by atomic mass is 16.6. The highest BCUT2D eigenvalue weighted by molar-refractivity contribution is 5.32. The summed E-state index contributed by atoms with van der Waals surface area (Å²) in [6.45, 7) is 3.74. The summed E-state index contributed by atoms with van der Waals surface area (Å²) in [7, 11) is 0. The highest BCUT2D eigenvalue weighted by Gasteiger charge is 2.14. The van der Waals surface area contributed by atoms with Crippen LogP contribution in [-0.4, -0.2) is 41.2 Å². The molecule has 0 heterocycles. The number of benzene rings is 3. The number of aliphatic hydroxyl groups is 1. The summed E-state index contributed by atoms with van der Waals surface area (Å²) in [4.78, 5) is 12.7. The van der Waals surface area contributed by atoms with E-state index >= 15 is 0 Å². The van der Waals surface area contributed by atoms with Crippen LogP contribution in [0.5, 0.6) is 0 Å². The van der Waals surface area contributed by atoms with Gasteiger partial charge in [-0.1, -0.05) is 85.6 Å². The molecule has 1 unspecified atom stereocenters. The van der Waals surface area contributed by atoms with Crippen molar-refractivity contribution in [3.8, 4) is 0 Å². The lowest BCUT2D eigenvalue weighted by Crippen LogP contribution is -2.29. The Morgan fingerprint density at radius 1 is 0.800 bits per heavy atom. The Morgan fingerprint density at radius 2 is 1.46 bits per heavy atom. The number of hydrogen-bond donors (Lipinski definition) is 1. The molecule has 3 rings (SSSR count). The minimum Gasteiger partial charge on any atom is -0.387 e. The summed E-state index contributed by atoms with van der Waals surface area (Å²) in [6.07, 6.45) is 4.60. The molecule has 0 aromatic heterocycles. The first-order chi connectivity index (χ1) is 17.1. The van der Waals surface area contributed by atoms with Crippen molar-refractivity contribution in [2.45, 2.75) is 44.8 Å². The van der Waals surface area contributed by atoms with Crippen LogP contribution in [0.1, 0.15) is 48.5 Å². The number of nitro benzene ring substituents is 1. The molecular weight excluding hydrogens is 440 g/mol. The van der Waals surface area contributed by atoms with E-state index in [2.05, 4.69) is 29.2 Å². The van der Waals surface area contributed by atoms with Crippen LogP contribution in [0.3, 0.4) is 0 Å². The molecule has 1 N–H and O–H groups in total. The standard InChI is InChI=1S/C29H36N2O4/c32-29(27-13-7-4-8-14-27)24-30(23-26-11-5-3-6-12-26)20-9-1-2-10-21-35-22-19-25-15-17-28(18-16-25)31(33)34/h3-8,11-18,29,32H,1-2,9-10,19-24H2. The maximum absolute atomic E-state index is 10.7. The molecule has 3 aromatic carbocycles. The minimum absolute atomic E-state index is 0.117. The molecule has 0 amide bonds. The van der Waals surface area contributed by atoms with Crippen LogP contribution in [0.4, 0.5) is 5.69 Å². The van der Waals surface area contributed by atoms with E-state index in [4.69, 9.17) is 4.74 Å². The second-order valence-electron chi connectivity index (χ2n) is 8.85. The second kappa shape index (κ2) is 15.0. The van der Waals surface area contributed by atoms with Gasteiger partial charge in [-0.3, -0.25) is 15.0 Å². The van der Waals surface area contributed by atoms with Crippen LogP contribution in [0.2, 0.25) is 0 Å². The fraction of sp³-hybridized carbons (Fsp3) is 0.379. The molecule has 0 saturated heterocycles. The summed E-state index contributed by atoms with van der Waals surface area (Å²) < 4.78 is 5.75. The van der Waals surface area contributed by atoms with Crippen molar-refractivity contribution >= 4 is 5.69 Å². The molecule has 0 spiro atoms. The van der Waals surface area contributed by atoms with Gasteiger partial charge >= 0.3 is 0 Å². The molecule has 0 saturated carbocycles. The van der Waals surface area contributed by atoms with Gasteiger partial charge in [0.1, 0.15) is 0 Å². The van der Waals surface area contributed by atoms with E-state index in [1.54, 1.807) is 12.1 Å². The van der Waals surface area contributed by atoms with Gasteiger partial charge in [0.2, 0.25) is 0 Å². The molecule has 1 atom stereocenters. The van der Waals surface area contributed by atoms with E-state index in [0.717, 1.165) is 62.9 Å². The van der Waals surface area contributed by atoms with Gasteiger partial charge in [0, 0.05) is 31.8 Å². The van der Waals surface area contributed by atoms with Gasteiger partial charge in [0.05, 0.1) is 17.6 Å². The summed E-state index contributed by atoms with van der Waals surface area (Å²) in [5, 5.41) is 21.4. The third kappa shape index (κ3) is 9.99. The van der Waals surface area contributed by atoms with Crippen molar-refractivity contribution in [3.63, 3.8) is 0 Å². The molecule has 6 heteroatoms. The van der Waals surface area contributed by atoms with Crippen molar-refractivity contribution in [2.75, 3.05) is 26.3 Å². The SMILES string of the molecule is O=[N+]([O-])c1ccc(CCOCCCCCCN(Cc2ccccc2)CC(O)c2ccccc2)cc1. The number of nitro groups is 1. The van der Waals surface area contributed by atoms with Gasteiger partial charge in [0.25, 0.3) is 5.69 Å². The number of ether oxygens (including phenoxy) is 1. The van der Waals surface area contributed by atoms with Crippen molar-refractivity contribution in [3.05, 3.63) is 112 Å². The third-order valence-corrected chi connectivity index (χ3v) is 6.06. The first kappa shape index (κ1) is 26.5. The Bertz CT molecular complexity index is 981. The summed E-state index contributed by atoms with van der Waals surface area (Å²) >= 11 is 0. The molecular formula is C29H36N2O4. The van der Waals surface area contributed by atoms with Gasteiger partial charge < -0.3 is 9.84 Å². The van der Waals surface area contributed by atoms with Crippen LogP contribution in [-0.2, 0) is 17.7 Å². The van der Waals surface area contributed by atoms with E-state index in [-0.39, 0.29) is 10.6 Å². The molecule has 35 heavy (non-hydrogen) atoms.